The number of fused-ring (bicyclic) bond motifs is 1. The highest BCUT2D eigenvalue weighted by Crippen LogP contribution is 2.58. The zero-order chi connectivity index (χ0) is 39.4. The van der Waals surface area contributed by atoms with E-state index < -0.39 is 17.7 Å². The smallest absolute Gasteiger partial charge is 0.411 e. The van der Waals surface area contributed by atoms with Crippen molar-refractivity contribution in [3.63, 3.8) is 0 Å². The molecule has 2 aromatic heterocycles. The number of ether oxygens (including phenoxy) is 2. The molecule has 3 N–H and O–H groups in total. The molecule has 1 aliphatic carbocycles. The summed E-state index contributed by atoms with van der Waals surface area (Å²) in [6.45, 7) is 10.8. The van der Waals surface area contributed by atoms with E-state index >= 15 is 0 Å². The van der Waals surface area contributed by atoms with Crippen LogP contribution in [0.1, 0.15) is 76.9 Å². The van der Waals surface area contributed by atoms with Crippen molar-refractivity contribution in [2.45, 2.75) is 76.9 Å². The normalized spacial score (nSPS) is 19.5. The summed E-state index contributed by atoms with van der Waals surface area (Å²) in [6, 6.07) is 20.4. The third-order valence-electron chi connectivity index (χ3n) is 11.1. The number of hydrogen-bond acceptors (Lipinski definition) is 8. The van der Waals surface area contributed by atoms with Gasteiger partial charge in [0, 0.05) is 24.4 Å². The molecule has 0 radical (unpaired) electrons. The van der Waals surface area contributed by atoms with Gasteiger partial charge in [-0.1, -0.05) is 62.4 Å². The maximum atomic E-state index is 13.9. The van der Waals surface area contributed by atoms with Crippen molar-refractivity contribution in [3.05, 3.63) is 84.7 Å². The number of likely N-dealkylation sites (tertiary alicyclic amines) is 1. The lowest BCUT2D eigenvalue weighted by molar-refractivity contribution is -0.135. The third-order valence-corrected chi connectivity index (χ3v) is 12.3. The van der Waals surface area contributed by atoms with Crippen LogP contribution in [0.4, 0.5) is 9.59 Å². The summed E-state index contributed by atoms with van der Waals surface area (Å²) in [7, 11) is 1.31. The number of hydrogen-bond donors (Lipinski definition) is 3. The Bertz CT molecular complexity index is 2270. The number of imidazole rings is 2. The lowest BCUT2D eigenvalue weighted by atomic mass is 9.98. The predicted octanol–water partition coefficient (Wildman–Crippen LogP) is 8.70. The van der Waals surface area contributed by atoms with Crippen LogP contribution < -0.4 is 5.32 Å². The van der Waals surface area contributed by atoms with Crippen LogP contribution in [0.3, 0.4) is 0 Å². The fourth-order valence-electron chi connectivity index (χ4n) is 7.85. The molecule has 12 nitrogen and oxygen atoms in total. The molecule has 292 valence electrons. The van der Waals surface area contributed by atoms with E-state index in [0.29, 0.717) is 13.1 Å². The van der Waals surface area contributed by atoms with E-state index in [1.165, 1.54) is 7.11 Å². The number of benzene rings is 3. The molecule has 4 heterocycles. The first-order valence-corrected chi connectivity index (χ1v) is 20.4. The predicted molar refractivity (Wildman–Crippen MR) is 218 cm³/mol. The van der Waals surface area contributed by atoms with Gasteiger partial charge in [0.05, 0.1) is 36.9 Å². The fraction of sp³-hybridized carbons (Fsp3) is 0.419. The van der Waals surface area contributed by atoms with Gasteiger partial charge in [-0.3, -0.25) is 9.69 Å². The molecule has 0 bridgehead atoms. The van der Waals surface area contributed by atoms with Crippen LogP contribution >= 0.6 is 11.8 Å². The van der Waals surface area contributed by atoms with E-state index in [0.717, 1.165) is 81.1 Å². The molecular formula is C43H49N7O5S. The van der Waals surface area contributed by atoms with Crippen LogP contribution in [0.5, 0.6) is 0 Å². The molecule has 5 aromatic rings. The van der Waals surface area contributed by atoms with E-state index in [4.69, 9.17) is 14.5 Å². The minimum Gasteiger partial charge on any atom is -0.453 e. The van der Waals surface area contributed by atoms with Gasteiger partial charge < -0.3 is 29.7 Å². The summed E-state index contributed by atoms with van der Waals surface area (Å²) in [5, 5.41) is 4.77. The van der Waals surface area contributed by atoms with Crippen molar-refractivity contribution in [1.29, 1.82) is 0 Å². The summed E-state index contributed by atoms with van der Waals surface area (Å²) in [5.74, 6) is 2.14. The first-order valence-electron chi connectivity index (χ1n) is 19.3. The number of alkyl carbamates (subject to hydrolysis) is 1. The Hall–Kier alpha value is -5.30. The second-order valence-corrected chi connectivity index (χ2v) is 17.8. The van der Waals surface area contributed by atoms with E-state index in [9.17, 15) is 14.4 Å². The number of amides is 3. The summed E-state index contributed by atoms with van der Waals surface area (Å²) in [6.07, 6.45) is 5.79. The van der Waals surface area contributed by atoms with Gasteiger partial charge in [-0.25, -0.2) is 19.6 Å². The highest BCUT2D eigenvalue weighted by molar-refractivity contribution is 7.99. The SMILES string of the molecule is COC(=O)NC(C(=O)N1CC2(CC2)CC1c1ncc(-c2ccc3cc(-c4ccc(-c5cnc(C6SCCN6C(=O)OC(C)(C)C)[nH]5)cc4)ccc3c2)[nH]1)C(C)C. The van der Waals surface area contributed by atoms with Crippen molar-refractivity contribution < 1.29 is 23.9 Å². The van der Waals surface area contributed by atoms with Gasteiger partial charge in [-0.2, -0.15) is 0 Å². The summed E-state index contributed by atoms with van der Waals surface area (Å²) >= 11 is 1.68. The van der Waals surface area contributed by atoms with Crippen LogP contribution in [0, 0.1) is 11.3 Å². The van der Waals surface area contributed by atoms with Crippen molar-refractivity contribution in [1.82, 2.24) is 35.1 Å². The summed E-state index contributed by atoms with van der Waals surface area (Å²) < 4.78 is 10.5. The van der Waals surface area contributed by atoms with Crippen molar-refractivity contribution >= 4 is 40.6 Å². The van der Waals surface area contributed by atoms with Gasteiger partial charge in [0.2, 0.25) is 5.91 Å². The molecule has 3 aromatic carbocycles. The Morgan fingerprint density at radius 2 is 1.46 bits per heavy atom. The van der Waals surface area contributed by atoms with Gasteiger partial charge in [0.25, 0.3) is 0 Å². The molecule has 1 spiro atoms. The fourth-order valence-corrected chi connectivity index (χ4v) is 9.02. The second kappa shape index (κ2) is 14.6. The Morgan fingerprint density at radius 3 is 2.12 bits per heavy atom. The van der Waals surface area contributed by atoms with Crippen LogP contribution in [0.15, 0.2) is 73.1 Å². The molecule has 3 unspecified atom stereocenters. The van der Waals surface area contributed by atoms with Crippen molar-refractivity contribution in [2.24, 2.45) is 11.3 Å². The zero-order valence-corrected chi connectivity index (χ0v) is 33.5. The Balaban J connectivity index is 0.961. The second-order valence-electron chi connectivity index (χ2n) is 16.7. The molecule has 1 saturated carbocycles. The number of aromatic amines is 2. The molecule has 3 amide bonds. The van der Waals surface area contributed by atoms with Crippen molar-refractivity contribution in [3.8, 4) is 33.6 Å². The number of H-pyrrole nitrogens is 2. The maximum Gasteiger partial charge on any atom is 0.411 e. The number of aromatic nitrogens is 4. The topological polar surface area (TPSA) is 146 Å². The number of carbonyl (C=O) groups is 3. The number of thioether (sulfide) groups is 1. The molecule has 2 aliphatic heterocycles. The van der Waals surface area contributed by atoms with Crippen molar-refractivity contribution in [2.75, 3.05) is 26.0 Å². The number of rotatable bonds is 8. The van der Waals surface area contributed by atoms with Gasteiger partial charge >= 0.3 is 12.2 Å². The highest BCUT2D eigenvalue weighted by atomic mass is 32.2. The Labute approximate surface area is 331 Å². The van der Waals surface area contributed by atoms with Crippen LogP contribution in [-0.2, 0) is 14.3 Å². The van der Waals surface area contributed by atoms with Gasteiger partial charge in [-0.15, -0.1) is 11.8 Å². The highest BCUT2D eigenvalue weighted by Gasteiger charge is 2.55. The number of nitrogens with one attached hydrogen (secondary N) is 3. The van der Waals surface area contributed by atoms with E-state index in [1.807, 2.05) is 51.9 Å². The lowest BCUT2D eigenvalue weighted by Gasteiger charge is -2.30. The summed E-state index contributed by atoms with van der Waals surface area (Å²) in [5.41, 5.74) is 5.61. The molecule has 3 fully saturated rings. The standard InChI is InChI=1S/C43H49N7O5S/c1-25(2)35(48-40(52)54-6)38(51)50-24-43(15-16-43)21-34(50)36-44-23-33(46-36)31-14-13-29-19-28(11-12-30(29)20-31)26-7-9-27(10-8-26)32-22-45-37(47-32)39-49(17-18-56-39)41(53)55-42(3,4)5/h7-14,19-20,22-23,25,34-35,39H,15-18,21,24H2,1-6H3,(H,44,46)(H,45,47)(H,48,52). The zero-order valence-electron chi connectivity index (χ0n) is 32.7. The minimum atomic E-state index is -0.679. The van der Waals surface area contributed by atoms with E-state index in [2.05, 4.69) is 80.9 Å². The largest absolute Gasteiger partial charge is 0.453 e. The number of carbonyl (C=O) groups excluding carboxylic acids is 3. The number of methoxy groups -OCH3 is 1. The lowest BCUT2D eigenvalue weighted by Crippen LogP contribution is -2.51. The van der Waals surface area contributed by atoms with E-state index in [-0.39, 0.29) is 34.7 Å². The first-order chi connectivity index (χ1) is 26.8. The summed E-state index contributed by atoms with van der Waals surface area (Å²) in [4.78, 5) is 58.9. The molecule has 2 saturated heterocycles. The molecule has 13 heteroatoms. The van der Waals surface area contributed by atoms with Gasteiger partial charge in [-0.05, 0) is 91.0 Å². The molecular weight excluding hydrogens is 727 g/mol. The minimum absolute atomic E-state index is 0.0968. The Morgan fingerprint density at radius 1 is 0.857 bits per heavy atom. The Kier molecular flexibility index (Phi) is 9.84. The van der Waals surface area contributed by atoms with Gasteiger partial charge in [0.15, 0.2) is 0 Å². The quantitative estimate of drug-likeness (QED) is 0.142. The monoisotopic (exact) mass is 775 g/mol. The van der Waals surface area contributed by atoms with E-state index in [1.54, 1.807) is 16.7 Å². The number of nitrogens with zero attached hydrogens (tertiary/aromatic N) is 4. The van der Waals surface area contributed by atoms with Crippen LogP contribution in [-0.4, -0.2) is 85.4 Å². The average Bonchev–Trinajstić information content (AvgIpc) is 3.71. The van der Waals surface area contributed by atoms with Crippen LogP contribution in [0.25, 0.3) is 44.4 Å². The van der Waals surface area contributed by atoms with Gasteiger partial charge in [0.1, 0.15) is 28.7 Å². The molecule has 8 rings (SSSR count). The molecule has 56 heavy (non-hydrogen) atoms. The average molecular weight is 776 g/mol. The maximum absolute atomic E-state index is 13.9. The first kappa shape index (κ1) is 37.6. The third kappa shape index (κ3) is 7.61. The molecule has 3 atom stereocenters. The molecule has 3 aliphatic rings. The van der Waals surface area contributed by atoms with Crippen LogP contribution in [0.2, 0.25) is 0 Å².